The molecule has 1 fully saturated rings. The van der Waals surface area contributed by atoms with E-state index in [4.69, 9.17) is 4.74 Å². The molecule has 1 aromatic carbocycles. The molecule has 0 aliphatic carbocycles. The highest BCUT2D eigenvalue weighted by Gasteiger charge is 2.27. The lowest BCUT2D eigenvalue weighted by Gasteiger charge is -2.35. The van der Waals surface area contributed by atoms with Gasteiger partial charge in [-0.2, -0.15) is 0 Å². The number of nitrogens with one attached hydrogen (secondary N) is 1. The lowest BCUT2D eigenvalue weighted by molar-refractivity contribution is 0.0253. The molecular weight excluding hydrogens is 422 g/mol. The van der Waals surface area contributed by atoms with Gasteiger partial charge in [-0.1, -0.05) is 15.9 Å². The van der Waals surface area contributed by atoms with Crippen molar-refractivity contribution in [2.75, 3.05) is 32.0 Å². The van der Waals surface area contributed by atoms with Gasteiger partial charge in [0.25, 0.3) is 0 Å². The molecule has 156 valence electrons. The molecule has 3 amide bonds. The maximum absolute atomic E-state index is 12.8. The van der Waals surface area contributed by atoms with Crippen LogP contribution in [0.2, 0.25) is 0 Å². The highest BCUT2D eigenvalue weighted by atomic mass is 79.9. The first-order valence-electron chi connectivity index (χ1n) is 9.73. The Hall–Kier alpha value is -1.76. The van der Waals surface area contributed by atoms with E-state index in [1.54, 1.807) is 11.9 Å². The summed E-state index contributed by atoms with van der Waals surface area (Å²) in [5, 5.41) is 3.06. The Labute approximate surface area is 176 Å². The van der Waals surface area contributed by atoms with Crippen molar-refractivity contribution in [2.45, 2.75) is 53.1 Å². The molecule has 7 heteroatoms. The third-order valence-electron chi connectivity index (χ3n) is 4.77. The third kappa shape index (κ3) is 6.40. The molecule has 0 aromatic heterocycles. The number of ether oxygens (including phenoxy) is 1. The van der Waals surface area contributed by atoms with Crippen LogP contribution in [0.4, 0.5) is 15.3 Å². The van der Waals surface area contributed by atoms with Crippen LogP contribution in [0, 0.1) is 19.8 Å². The number of hydrogen-bond acceptors (Lipinski definition) is 3. The molecule has 0 bridgehead atoms. The maximum atomic E-state index is 12.8. The summed E-state index contributed by atoms with van der Waals surface area (Å²) in [5.41, 5.74) is 2.41. The lowest BCUT2D eigenvalue weighted by Crippen LogP contribution is -2.46. The number of piperidine rings is 1. The Kier molecular flexibility index (Phi) is 7.37. The Morgan fingerprint density at radius 2 is 1.89 bits per heavy atom. The van der Waals surface area contributed by atoms with Crippen molar-refractivity contribution >= 4 is 33.7 Å². The van der Waals surface area contributed by atoms with E-state index in [1.807, 2.05) is 51.7 Å². The fourth-order valence-corrected chi connectivity index (χ4v) is 4.18. The van der Waals surface area contributed by atoms with Gasteiger partial charge in [0.15, 0.2) is 0 Å². The number of benzene rings is 1. The van der Waals surface area contributed by atoms with Gasteiger partial charge in [-0.15, -0.1) is 0 Å². The zero-order valence-electron chi connectivity index (χ0n) is 17.8. The second kappa shape index (κ2) is 9.16. The van der Waals surface area contributed by atoms with E-state index in [0.717, 1.165) is 40.7 Å². The highest BCUT2D eigenvalue weighted by molar-refractivity contribution is 9.10. The third-order valence-corrected chi connectivity index (χ3v) is 5.23. The monoisotopic (exact) mass is 453 g/mol. The van der Waals surface area contributed by atoms with Crippen LogP contribution in [-0.4, -0.2) is 54.2 Å². The summed E-state index contributed by atoms with van der Waals surface area (Å²) in [7, 11) is 1.75. The number of rotatable bonds is 3. The van der Waals surface area contributed by atoms with Gasteiger partial charge < -0.3 is 19.9 Å². The smallest absolute Gasteiger partial charge is 0.410 e. The quantitative estimate of drug-likeness (QED) is 0.685. The molecule has 0 radical (unpaired) electrons. The first-order chi connectivity index (χ1) is 13.0. The van der Waals surface area contributed by atoms with Crippen molar-refractivity contribution in [3.8, 4) is 0 Å². The van der Waals surface area contributed by atoms with Crippen molar-refractivity contribution in [2.24, 2.45) is 5.92 Å². The summed E-state index contributed by atoms with van der Waals surface area (Å²) in [4.78, 5) is 28.5. The minimum atomic E-state index is -0.510. The first kappa shape index (κ1) is 22.5. The van der Waals surface area contributed by atoms with Crippen LogP contribution >= 0.6 is 15.9 Å². The number of anilines is 1. The van der Waals surface area contributed by atoms with E-state index in [1.165, 1.54) is 0 Å². The second-order valence-corrected chi connectivity index (χ2v) is 9.58. The summed E-state index contributed by atoms with van der Waals surface area (Å²) >= 11 is 3.48. The molecular formula is C21H32BrN3O3. The Morgan fingerprint density at radius 3 is 2.46 bits per heavy atom. The van der Waals surface area contributed by atoms with Crippen molar-refractivity contribution in [3.05, 3.63) is 27.7 Å². The van der Waals surface area contributed by atoms with Crippen LogP contribution in [0.15, 0.2) is 16.6 Å². The lowest BCUT2D eigenvalue weighted by atomic mass is 9.98. The molecule has 2 rings (SSSR count). The minimum Gasteiger partial charge on any atom is -0.444 e. The van der Waals surface area contributed by atoms with E-state index in [9.17, 15) is 9.59 Å². The minimum absolute atomic E-state index is 0.0851. The van der Waals surface area contributed by atoms with E-state index in [0.29, 0.717) is 13.1 Å². The molecule has 1 aromatic rings. The molecule has 0 spiro atoms. The van der Waals surface area contributed by atoms with E-state index < -0.39 is 5.60 Å². The van der Waals surface area contributed by atoms with Gasteiger partial charge in [-0.05, 0) is 76.6 Å². The number of aryl methyl sites for hydroxylation is 2. The first-order valence-corrected chi connectivity index (χ1v) is 10.5. The topological polar surface area (TPSA) is 61.9 Å². The molecule has 6 nitrogen and oxygen atoms in total. The fraction of sp³-hybridized carbons (Fsp3) is 0.619. The number of hydrogen-bond donors (Lipinski definition) is 1. The van der Waals surface area contributed by atoms with Crippen LogP contribution < -0.4 is 5.32 Å². The number of carbonyl (C=O) groups is 2. The van der Waals surface area contributed by atoms with Crippen molar-refractivity contribution in [1.82, 2.24) is 9.80 Å². The summed E-state index contributed by atoms with van der Waals surface area (Å²) < 4.78 is 6.42. The summed E-state index contributed by atoms with van der Waals surface area (Å²) in [6.07, 6.45) is 1.60. The van der Waals surface area contributed by atoms with Crippen molar-refractivity contribution in [1.29, 1.82) is 0 Å². The summed E-state index contributed by atoms with van der Waals surface area (Å²) in [6, 6.07) is 3.91. The van der Waals surface area contributed by atoms with Crippen molar-refractivity contribution < 1.29 is 14.3 Å². The number of nitrogens with zero attached hydrogens (tertiary/aromatic N) is 2. The number of carbonyl (C=O) groups excluding carboxylic acids is 2. The molecule has 1 heterocycles. The van der Waals surface area contributed by atoms with Gasteiger partial charge in [0.05, 0.1) is 0 Å². The summed E-state index contributed by atoms with van der Waals surface area (Å²) in [6.45, 7) is 11.5. The van der Waals surface area contributed by atoms with Gasteiger partial charge in [0, 0.05) is 36.8 Å². The molecule has 1 aliphatic rings. The van der Waals surface area contributed by atoms with Gasteiger partial charge in [-0.25, -0.2) is 9.59 Å². The van der Waals surface area contributed by atoms with Crippen LogP contribution in [0.3, 0.4) is 0 Å². The molecule has 1 atom stereocenters. The van der Waals surface area contributed by atoms with Gasteiger partial charge in [0.2, 0.25) is 0 Å². The fourth-order valence-electron chi connectivity index (χ4n) is 3.49. The number of urea groups is 1. The van der Waals surface area contributed by atoms with Crippen molar-refractivity contribution in [3.63, 3.8) is 0 Å². The average Bonchev–Trinajstić information content (AvgIpc) is 2.56. The Morgan fingerprint density at radius 1 is 1.29 bits per heavy atom. The largest absolute Gasteiger partial charge is 0.444 e. The van der Waals surface area contributed by atoms with E-state index in [2.05, 4.69) is 21.2 Å². The Bertz CT molecular complexity index is 707. The molecule has 1 saturated heterocycles. The van der Waals surface area contributed by atoms with Crippen LogP contribution in [0.25, 0.3) is 0 Å². The van der Waals surface area contributed by atoms with Crippen LogP contribution in [-0.2, 0) is 4.74 Å². The average molecular weight is 454 g/mol. The number of likely N-dealkylation sites (tertiary alicyclic amines) is 1. The zero-order chi connectivity index (χ0) is 21.1. The molecule has 28 heavy (non-hydrogen) atoms. The predicted molar refractivity (Wildman–Crippen MR) is 116 cm³/mol. The van der Waals surface area contributed by atoms with Crippen LogP contribution in [0.1, 0.15) is 44.7 Å². The second-order valence-electron chi connectivity index (χ2n) is 8.66. The Balaban J connectivity index is 1.95. The number of amides is 3. The SMILES string of the molecule is Cc1cc(Br)cc(C)c1NC(=O)N1CCCC(CN(C)C(=O)OC(C)(C)C)C1. The summed E-state index contributed by atoms with van der Waals surface area (Å²) in [5.74, 6) is 0.240. The van der Waals surface area contributed by atoms with E-state index in [-0.39, 0.29) is 18.0 Å². The van der Waals surface area contributed by atoms with Gasteiger partial charge in [0.1, 0.15) is 5.60 Å². The van der Waals surface area contributed by atoms with Gasteiger partial charge in [-0.3, -0.25) is 0 Å². The standard InChI is InChI=1S/C21H32BrN3O3/c1-14-10-17(22)11-15(2)18(14)23-19(26)25-9-7-8-16(13-25)12-24(6)20(27)28-21(3,4)5/h10-11,16H,7-9,12-13H2,1-6H3,(H,23,26). The predicted octanol–water partition coefficient (Wildman–Crippen LogP) is 5.18. The van der Waals surface area contributed by atoms with Crippen LogP contribution in [0.5, 0.6) is 0 Å². The molecule has 1 unspecified atom stereocenters. The molecule has 0 saturated carbocycles. The zero-order valence-corrected chi connectivity index (χ0v) is 19.4. The van der Waals surface area contributed by atoms with Gasteiger partial charge >= 0.3 is 12.1 Å². The maximum Gasteiger partial charge on any atom is 0.410 e. The molecule has 1 N–H and O–H groups in total. The van der Waals surface area contributed by atoms with E-state index >= 15 is 0 Å². The molecule has 1 aliphatic heterocycles. The number of halogens is 1. The normalized spacial score (nSPS) is 17.2. The highest BCUT2D eigenvalue weighted by Crippen LogP contribution is 2.26.